The van der Waals surface area contributed by atoms with Crippen LogP contribution in [0.1, 0.15) is 111 Å². The van der Waals surface area contributed by atoms with E-state index < -0.39 is 0 Å². The summed E-state index contributed by atoms with van der Waals surface area (Å²) in [5, 5.41) is 0. The molecule has 1 aliphatic heterocycles. The molecule has 0 saturated heterocycles. The molecule has 0 atom stereocenters. The fourth-order valence-electron chi connectivity index (χ4n) is 3.88. The van der Waals surface area contributed by atoms with Gasteiger partial charge in [-0.3, -0.25) is 9.59 Å². The number of allylic oxidation sites excluding steroid dienone is 1. The molecule has 27 heavy (non-hydrogen) atoms. The minimum absolute atomic E-state index is 0.151. The van der Waals surface area contributed by atoms with Crippen LogP contribution in [0.5, 0.6) is 0 Å². The molecule has 0 aliphatic carbocycles. The summed E-state index contributed by atoms with van der Waals surface area (Å²) in [4.78, 5) is 25.6. The van der Waals surface area contributed by atoms with Gasteiger partial charge in [-0.25, -0.2) is 0 Å². The highest BCUT2D eigenvalue weighted by Crippen LogP contribution is 2.28. The molecule has 0 aromatic rings. The number of nitrogens with zero attached hydrogens (tertiary/aromatic N) is 1. The Morgan fingerprint density at radius 2 is 1.22 bits per heavy atom. The Kier molecular flexibility index (Phi) is 12.0. The molecule has 3 heteroatoms. The first kappa shape index (κ1) is 23.7. The minimum atomic E-state index is -0.153. The van der Waals surface area contributed by atoms with Gasteiger partial charge in [0.1, 0.15) is 0 Å². The van der Waals surface area contributed by atoms with E-state index >= 15 is 0 Å². The van der Waals surface area contributed by atoms with Crippen LogP contribution < -0.4 is 0 Å². The van der Waals surface area contributed by atoms with Crippen LogP contribution in [0.4, 0.5) is 0 Å². The Labute approximate surface area is 167 Å². The quantitative estimate of drug-likeness (QED) is 0.221. The zero-order valence-corrected chi connectivity index (χ0v) is 18.1. The van der Waals surface area contributed by atoms with Gasteiger partial charge in [0, 0.05) is 12.2 Å². The predicted molar refractivity (Wildman–Crippen MR) is 115 cm³/mol. The molecular formula is C24H41NO2. The van der Waals surface area contributed by atoms with Gasteiger partial charge in [0.05, 0.1) is 5.57 Å². The Morgan fingerprint density at radius 3 is 1.59 bits per heavy atom. The molecule has 3 nitrogen and oxygen atoms in total. The van der Waals surface area contributed by atoms with Gasteiger partial charge < -0.3 is 4.90 Å². The SMILES string of the molecule is C=C1C(C)=C(C(C)=O)C(=O)N1CCCCCCCCCCCCCCCC. The molecule has 0 spiro atoms. The van der Waals surface area contributed by atoms with Crippen LogP contribution in [0.2, 0.25) is 0 Å². The lowest BCUT2D eigenvalue weighted by atomic mass is 10.0. The molecule has 1 heterocycles. The van der Waals surface area contributed by atoms with Crippen molar-refractivity contribution in [1.29, 1.82) is 0 Å². The van der Waals surface area contributed by atoms with E-state index in [1.54, 1.807) is 4.90 Å². The van der Waals surface area contributed by atoms with Crippen molar-refractivity contribution in [3.8, 4) is 0 Å². The summed E-state index contributed by atoms with van der Waals surface area (Å²) in [6.45, 7) is 10.2. The summed E-state index contributed by atoms with van der Waals surface area (Å²) in [5.41, 5.74) is 1.78. The smallest absolute Gasteiger partial charge is 0.262 e. The van der Waals surface area contributed by atoms with E-state index in [9.17, 15) is 9.59 Å². The first-order valence-electron chi connectivity index (χ1n) is 11.2. The van der Waals surface area contributed by atoms with Crippen molar-refractivity contribution in [2.75, 3.05) is 6.54 Å². The minimum Gasteiger partial charge on any atom is -0.309 e. The molecule has 0 fully saturated rings. The van der Waals surface area contributed by atoms with Gasteiger partial charge in [0.15, 0.2) is 5.78 Å². The van der Waals surface area contributed by atoms with E-state index in [0.29, 0.717) is 17.8 Å². The van der Waals surface area contributed by atoms with Crippen molar-refractivity contribution in [1.82, 2.24) is 4.90 Å². The van der Waals surface area contributed by atoms with Crippen LogP contribution in [0.3, 0.4) is 0 Å². The van der Waals surface area contributed by atoms with Gasteiger partial charge in [-0.05, 0) is 25.8 Å². The van der Waals surface area contributed by atoms with E-state index in [1.165, 1.54) is 84.0 Å². The maximum absolute atomic E-state index is 12.3. The normalized spacial score (nSPS) is 14.6. The second kappa shape index (κ2) is 13.7. The Morgan fingerprint density at radius 1 is 0.815 bits per heavy atom. The van der Waals surface area contributed by atoms with E-state index in [1.807, 2.05) is 6.92 Å². The monoisotopic (exact) mass is 375 g/mol. The van der Waals surface area contributed by atoms with Gasteiger partial charge >= 0.3 is 0 Å². The number of unbranched alkanes of at least 4 members (excludes halogenated alkanes) is 13. The molecule has 0 N–H and O–H groups in total. The third-order valence-corrected chi connectivity index (χ3v) is 5.68. The summed E-state index contributed by atoms with van der Waals surface area (Å²) < 4.78 is 0. The summed E-state index contributed by atoms with van der Waals surface area (Å²) in [5.74, 6) is -0.304. The largest absolute Gasteiger partial charge is 0.309 e. The van der Waals surface area contributed by atoms with Gasteiger partial charge in [-0.2, -0.15) is 0 Å². The Balaban J connectivity index is 1.97. The summed E-state index contributed by atoms with van der Waals surface area (Å²) in [6.07, 6.45) is 18.5. The Hall–Kier alpha value is -1.38. The molecule has 0 aromatic heterocycles. The summed E-state index contributed by atoms with van der Waals surface area (Å²) in [6, 6.07) is 0. The highest BCUT2D eigenvalue weighted by atomic mass is 16.2. The standard InChI is InChI=1S/C24H41NO2/c1-5-6-7-8-9-10-11-12-13-14-15-16-17-18-19-25-21(3)20(2)23(22(4)26)24(25)27/h3,5-19H2,1-2,4H3. The number of hydrogen-bond donors (Lipinski definition) is 0. The van der Waals surface area contributed by atoms with Crippen molar-refractivity contribution in [2.24, 2.45) is 0 Å². The number of ketones is 1. The number of rotatable bonds is 16. The van der Waals surface area contributed by atoms with Crippen LogP contribution >= 0.6 is 0 Å². The maximum Gasteiger partial charge on any atom is 0.262 e. The number of carbonyl (C=O) groups is 2. The molecule has 0 saturated carbocycles. The lowest BCUT2D eigenvalue weighted by Crippen LogP contribution is -2.28. The van der Waals surface area contributed by atoms with Crippen LogP contribution in [0.25, 0.3) is 0 Å². The molecule has 0 unspecified atom stereocenters. The molecule has 154 valence electrons. The average Bonchev–Trinajstić information content (AvgIpc) is 2.84. The topological polar surface area (TPSA) is 37.4 Å². The van der Waals surface area contributed by atoms with E-state index in [4.69, 9.17) is 0 Å². The molecular weight excluding hydrogens is 334 g/mol. The second-order valence-corrected chi connectivity index (χ2v) is 8.06. The number of hydrogen-bond acceptors (Lipinski definition) is 2. The lowest BCUT2D eigenvalue weighted by Gasteiger charge is -2.18. The van der Waals surface area contributed by atoms with Crippen LogP contribution in [0, 0.1) is 0 Å². The number of carbonyl (C=O) groups excluding carboxylic acids is 2. The van der Waals surface area contributed by atoms with Crippen LogP contribution in [-0.4, -0.2) is 23.1 Å². The van der Waals surface area contributed by atoms with Crippen LogP contribution in [0.15, 0.2) is 23.4 Å². The summed E-state index contributed by atoms with van der Waals surface area (Å²) >= 11 is 0. The van der Waals surface area contributed by atoms with Gasteiger partial charge in [-0.1, -0.05) is 97.0 Å². The van der Waals surface area contributed by atoms with E-state index in [2.05, 4.69) is 13.5 Å². The average molecular weight is 376 g/mol. The van der Waals surface area contributed by atoms with E-state index in [-0.39, 0.29) is 11.7 Å². The van der Waals surface area contributed by atoms with Crippen molar-refractivity contribution < 1.29 is 9.59 Å². The van der Waals surface area contributed by atoms with Crippen LogP contribution in [-0.2, 0) is 9.59 Å². The Bertz CT molecular complexity index is 518. The highest BCUT2D eigenvalue weighted by molar-refractivity contribution is 6.22. The van der Waals surface area contributed by atoms with Crippen molar-refractivity contribution in [3.63, 3.8) is 0 Å². The number of Topliss-reactive ketones (excluding diaryl/α,β-unsaturated/α-hetero) is 1. The van der Waals surface area contributed by atoms with Crippen molar-refractivity contribution >= 4 is 11.7 Å². The molecule has 1 rings (SSSR count). The third-order valence-electron chi connectivity index (χ3n) is 5.68. The first-order valence-corrected chi connectivity index (χ1v) is 11.2. The fraction of sp³-hybridized carbons (Fsp3) is 0.750. The molecule has 0 bridgehead atoms. The predicted octanol–water partition coefficient (Wildman–Crippen LogP) is 6.73. The van der Waals surface area contributed by atoms with E-state index in [0.717, 1.165) is 18.4 Å². The highest BCUT2D eigenvalue weighted by Gasteiger charge is 2.33. The molecule has 1 aliphatic rings. The maximum atomic E-state index is 12.3. The molecule has 1 amide bonds. The second-order valence-electron chi connectivity index (χ2n) is 8.06. The zero-order chi connectivity index (χ0) is 20.1. The fourth-order valence-corrected chi connectivity index (χ4v) is 3.88. The van der Waals surface area contributed by atoms with Gasteiger partial charge in [0.25, 0.3) is 5.91 Å². The molecule has 0 radical (unpaired) electrons. The van der Waals surface area contributed by atoms with Crippen molar-refractivity contribution in [3.05, 3.63) is 23.4 Å². The third kappa shape index (κ3) is 8.45. The zero-order valence-electron chi connectivity index (χ0n) is 18.1. The van der Waals surface area contributed by atoms with Gasteiger partial charge in [0.2, 0.25) is 0 Å². The first-order chi connectivity index (χ1) is 13.0. The van der Waals surface area contributed by atoms with Gasteiger partial charge in [-0.15, -0.1) is 0 Å². The number of amides is 1. The lowest BCUT2D eigenvalue weighted by molar-refractivity contribution is -0.126. The summed E-state index contributed by atoms with van der Waals surface area (Å²) in [7, 11) is 0. The molecule has 0 aromatic carbocycles. The van der Waals surface area contributed by atoms with Crippen molar-refractivity contribution in [2.45, 2.75) is 111 Å².